The second-order valence-corrected chi connectivity index (χ2v) is 3.48. The highest BCUT2D eigenvalue weighted by atomic mass is 32.2. The van der Waals surface area contributed by atoms with Gasteiger partial charge in [-0.1, -0.05) is 32.6 Å². The minimum absolute atomic E-state index is 0.708. The van der Waals surface area contributed by atoms with Gasteiger partial charge in [0.25, 0.3) is 0 Å². The average Bonchev–Trinajstić information content (AvgIpc) is 1.96. The third kappa shape index (κ3) is 9.69. The minimum Gasteiger partial charge on any atom is -0.185 e. The van der Waals surface area contributed by atoms with Crippen molar-refractivity contribution < 1.29 is 8.42 Å². The van der Waals surface area contributed by atoms with Crippen LogP contribution in [0.15, 0.2) is 0 Å². The van der Waals surface area contributed by atoms with Crippen molar-refractivity contribution in [3.05, 3.63) is 0 Å². The van der Waals surface area contributed by atoms with Gasteiger partial charge in [0.05, 0.1) is 0 Å². The summed E-state index contributed by atoms with van der Waals surface area (Å²) in [5, 5.41) is 1.34. The van der Waals surface area contributed by atoms with E-state index in [2.05, 4.69) is 6.92 Å². The summed E-state index contributed by atoms with van der Waals surface area (Å²) >= 11 is 0. The first-order valence-corrected chi connectivity index (χ1v) is 5.32. The van der Waals surface area contributed by atoms with Crippen molar-refractivity contribution >= 4 is 15.7 Å². The highest BCUT2D eigenvalue weighted by Crippen LogP contribution is 2.03. The molecule has 0 unspecified atom stereocenters. The molecular weight excluding hydrogens is 160 g/mol. The van der Waals surface area contributed by atoms with Crippen LogP contribution >= 0.6 is 0 Å². The van der Waals surface area contributed by atoms with Gasteiger partial charge in [0.1, 0.15) is 0 Å². The molecule has 0 aromatic heterocycles. The lowest BCUT2D eigenvalue weighted by Crippen LogP contribution is -1.80. The molecule has 0 aliphatic rings. The van der Waals surface area contributed by atoms with Gasteiger partial charge in [0.2, 0.25) is 10.3 Å². The minimum atomic E-state index is -1.95. The van der Waals surface area contributed by atoms with E-state index in [4.69, 9.17) is 0 Å². The monoisotopic (exact) mass is 176 g/mol. The zero-order chi connectivity index (χ0) is 8.53. The summed E-state index contributed by atoms with van der Waals surface area (Å²) in [6, 6.07) is 0. The van der Waals surface area contributed by atoms with Gasteiger partial charge in [-0.05, 0) is 12.8 Å². The molecule has 0 bridgehead atoms. The Labute approximate surface area is 70.2 Å². The molecule has 0 rings (SSSR count). The molecule has 0 radical (unpaired) electrons. The van der Waals surface area contributed by atoms with Crippen LogP contribution in [0.2, 0.25) is 0 Å². The number of rotatable bonds is 6. The van der Waals surface area contributed by atoms with E-state index >= 15 is 0 Å². The van der Waals surface area contributed by atoms with E-state index < -0.39 is 10.3 Å². The van der Waals surface area contributed by atoms with E-state index in [1.807, 2.05) is 0 Å². The van der Waals surface area contributed by atoms with E-state index in [9.17, 15) is 8.42 Å². The van der Waals surface area contributed by atoms with Crippen LogP contribution < -0.4 is 0 Å². The van der Waals surface area contributed by atoms with E-state index in [0.717, 1.165) is 12.8 Å². The Kier molecular flexibility index (Phi) is 7.57. The molecule has 0 aliphatic carbocycles. The Hall–Kier alpha value is -0.310. The Morgan fingerprint density at radius 1 is 1.09 bits per heavy atom. The molecule has 2 nitrogen and oxygen atoms in total. The number of unbranched alkanes of at least 4 members (excludes halogenated alkanes) is 5. The standard InChI is InChI=1S/C8H16O2S/c1-2-3-4-5-6-7-8-11(9)10/h8H,2-7H2,1H3. The van der Waals surface area contributed by atoms with E-state index in [1.54, 1.807) is 0 Å². The Morgan fingerprint density at radius 3 is 2.27 bits per heavy atom. The zero-order valence-electron chi connectivity index (χ0n) is 7.04. The molecule has 0 spiro atoms. The van der Waals surface area contributed by atoms with Gasteiger partial charge in [0, 0.05) is 5.37 Å². The fourth-order valence-electron chi connectivity index (χ4n) is 0.927. The van der Waals surface area contributed by atoms with Crippen molar-refractivity contribution in [1.29, 1.82) is 0 Å². The molecule has 0 N–H and O–H groups in total. The number of hydrogen-bond acceptors (Lipinski definition) is 2. The molecule has 3 heteroatoms. The summed E-state index contributed by atoms with van der Waals surface area (Å²) in [7, 11) is -1.95. The largest absolute Gasteiger partial charge is 0.209 e. The predicted octanol–water partition coefficient (Wildman–Crippen LogP) is 2.03. The SMILES string of the molecule is CCCCCCCC=S(=O)=O. The van der Waals surface area contributed by atoms with E-state index in [1.165, 1.54) is 24.6 Å². The first-order valence-electron chi connectivity index (χ1n) is 4.18. The second-order valence-electron chi connectivity index (χ2n) is 2.63. The van der Waals surface area contributed by atoms with Crippen LogP contribution in [0.3, 0.4) is 0 Å². The highest BCUT2D eigenvalue weighted by Gasteiger charge is 1.86. The van der Waals surface area contributed by atoms with Crippen molar-refractivity contribution in [3.8, 4) is 0 Å². The molecule has 11 heavy (non-hydrogen) atoms. The summed E-state index contributed by atoms with van der Waals surface area (Å²) in [6.07, 6.45) is 6.60. The van der Waals surface area contributed by atoms with Crippen molar-refractivity contribution in [2.45, 2.75) is 45.4 Å². The number of hydrogen-bond donors (Lipinski definition) is 0. The molecule has 0 heterocycles. The lowest BCUT2D eigenvalue weighted by Gasteiger charge is -1.94. The summed E-state index contributed by atoms with van der Waals surface area (Å²) < 4.78 is 20.1. The lowest BCUT2D eigenvalue weighted by molar-refractivity contribution is 0.625. The van der Waals surface area contributed by atoms with Crippen molar-refractivity contribution in [3.63, 3.8) is 0 Å². The van der Waals surface area contributed by atoms with E-state index in [0.29, 0.717) is 6.42 Å². The van der Waals surface area contributed by atoms with Crippen LogP contribution in [0.25, 0.3) is 0 Å². The molecule has 0 fully saturated rings. The van der Waals surface area contributed by atoms with Crippen molar-refractivity contribution in [2.24, 2.45) is 0 Å². The molecule has 0 saturated carbocycles. The maximum atomic E-state index is 10.0. The van der Waals surface area contributed by atoms with E-state index in [-0.39, 0.29) is 0 Å². The third-order valence-corrected chi connectivity index (χ3v) is 2.07. The Morgan fingerprint density at radius 2 is 1.73 bits per heavy atom. The maximum absolute atomic E-state index is 10.0. The summed E-state index contributed by atoms with van der Waals surface area (Å²) in [5.41, 5.74) is 0. The third-order valence-electron chi connectivity index (χ3n) is 1.56. The van der Waals surface area contributed by atoms with Crippen molar-refractivity contribution in [1.82, 2.24) is 0 Å². The molecule has 66 valence electrons. The quantitative estimate of drug-likeness (QED) is 0.458. The Balaban J connectivity index is 3.09. The fraction of sp³-hybridized carbons (Fsp3) is 0.875. The van der Waals surface area contributed by atoms with Gasteiger partial charge in [-0.3, -0.25) is 0 Å². The van der Waals surface area contributed by atoms with Crippen LogP contribution in [0.5, 0.6) is 0 Å². The van der Waals surface area contributed by atoms with Crippen LogP contribution in [-0.4, -0.2) is 13.8 Å². The maximum Gasteiger partial charge on any atom is 0.209 e. The molecule has 0 aromatic rings. The van der Waals surface area contributed by atoms with Gasteiger partial charge in [-0.2, -0.15) is 8.42 Å². The van der Waals surface area contributed by atoms with Crippen LogP contribution in [-0.2, 0) is 10.3 Å². The highest BCUT2D eigenvalue weighted by molar-refractivity contribution is 7.71. The van der Waals surface area contributed by atoms with Gasteiger partial charge < -0.3 is 0 Å². The van der Waals surface area contributed by atoms with Crippen LogP contribution in [0.1, 0.15) is 45.4 Å². The average molecular weight is 176 g/mol. The van der Waals surface area contributed by atoms with Gasteiger partial charge in [-0.25, -0.2) is 0 Å². The molecule has 0 atom stereocenters. The molecule has 0 amide bonds. The Bertz CT molecular complexity index is 184. The fourth-order valence-corrected chi connectivity index (χ4v) is 1.29. The summed E-state index contributed by atoms with van der Waals surface area (Å²) in [6.45, 7) is 2.17. The lowest BCUT2D eigenvalue weighted by atomic mass is 10.1. The van der Waals surface area contributed by atoms with Crippen molar-refractivity contribution in [2.75, 3.05) is 0 Å². The van der Waals surface area contributed by atoms with Gasteiger partial charge in [-0.15, -0.1) is 0 Å². The smallest absolute Gasteiger partial charge is 0.185 e. The molecule has 0 aliphatic heterocycles. The first-order chi connectivity index (χ1) is 5.27. The topological polar surface area (TPSA) is 34.1 Å². The van der Waals surface area contributed by atoms with Gasteiger partial charge >= 0.3 is 0 Å². The predicted molar refractivity (Wildman–Crippen MR) is 48.4 cm³/mol. The summed E-state index contributed by atoms with van der Waals surface area (Å²) in [5.74, 6) is 0. The molecule has 0 saturated heterocycles. The first kappa shape index (κ1) is 10.7. The van der Waals surface area contributed by atoms with Gasteiger partial charge in [0.15, 0.2) is 0 Å². The normalized spacial score (nSPS) is 9.55. The zero-order valence-corrected chi connectivity index (χ0v) is 7.86. The van der Waals surface area contributed by atoms with Crippen LogP contribution in [0, 0.1) is 0 Å². The molecular formula is C8H16O2S. The van der Waals surface area contributed by atoms with Crippen LogP contribution in [0.4, 0.5) is 0 Å². The summed E-state index contributed by atoms with van der Waals surface area (Å²) in [4.78, 5) is 0. The molecule has 0 aromatic carbocycles. The second kappa shape index (κ2) is 7.79.